The molecule has 2 heterocycles. The summed E-state index contributed by atoms with van der Waals surface area (Å²) in [6, 6.07) is 8.48. The van der Waals surface area contributed by atoms with Gasteiger partial charge in [-0.25, -0.2) is 4.79 Å². The third-order valence-electron chi connectivity index (χ3n) is 5.47. The van der Waals surface area contributed by atoms with E-state index in [1.807, 2.05) is 12.1 Å². The molecule has 0 N–H and O–H groups in total. The lowest BCUT2D eigenvalue weighted by atomic mass is 10.0. The van der Waals surface area contributed by atoms with Crippen LogP contribution in [-0.2, 0) is 27.2 Å². The number of benzene rings is 1. The van der Waals surface area contributed by atoms with Gasteiger partial charge in [0.1, 0.15) is 17.2 Å². The van der Waals surface area contributed by atoms with Crippen LogP contribution in [0.2, 0.25) is 0 Å². The van der Waals surface area contributed by atoms with E-state index in [1.165, 1.54) is 41.0 Å². The van der Waals surface area contributed by atoms with Gasteiger partial charge in [-0.05, 0) is 55.5 Å². The molecule has 1 aromatic heterocycles. The topological polar surface area (TPSA) is 76.8 Å². The number of Topliss-reactive ketones (excluding diaryl/α,β-unsaturated/α-hetero) is 1. The molecule has 3 atom stereocenters. The van der Waals surface area contributed by atoms with Crippen LogP contribution in [-0.4, -0.2) is 40.5 Å². The van der Waals surface area contributed by atoms with Crippen molar-refractivity contribution >= 4 is 29.4 Å². The molecule has 1 fully saturated rings. The van der Waals surface area contributed by atoms with Crippen molar-refractivity contribution in [3.05, 3.63) is 59.0 Å². The number of carbonyl (C=O) groups is 3. The highest BCUT2D eigenvalue weighted by Gasteiger charge is 2.43. The highest BCUT2D eigenvalue weighted by molar-refractivity contribution is 7.99. The first-order chi connectivity index (χ1) is 14.0. The zero-order chi connectivity index (χ0) is 20.5. The zero-order valence-corrected chi connectivity index (χ0v) is 17.2. The number of aryl methyl sites for hydroxylation is 2. The second-order valence-electron chi connectivity index (χ2n) is 7.42. The number of esters is 1. The summed E-state index contributed by atoms with van der Waals surface area (Å²) in [5.74, 6) is -0.0260. The first-order valence-electron chi connectivity index (χ1n) is 9.76. The molecule has 0 spiro atoms. The molecular weight excluding hydrogens is 390 g/mol. The molecule has 152 valence electrons. The Labute approximate surface area is 173 Å². The minimum absolute atomic E-state index is 0.226. The Morgan fingerprint density at radius 1 is 1.21 bits per heavy atom. The Kier molecular flexibility index (Phi) is 5.50. The van der Waals surface area contributed by atoms with Gasteiger partial charge in [0, 0.05) is 18.2 Å². The predicted octanol–water partition coefficient (Wildman–Crippen LogP) is 3.55. The van der Waals surface area contributed by atoms with Crippen molar-refractivity contribution in [2.45, 2.75) is 50.6 Å². The minimum Gasteiger partial charge on any atom is -0.466 e. The molecule has 2 aromatic rings. The smallest absolute Gasteiger partial charge is 0.330 e. The highest BCUT2D eigenvalue weighted by atomic mass is 32.2. The zero-order valence-electron chi connectivity index (χ0n) is 16.4. The van der Waals surface area contributed by atoms with Gasteiger partial charge in [0.15, 0.2) is 6.10 Å². The van der Waals surface area contributed by atoms with Crippen LogP contribution in [0.3, 0.4) is 0 Å². The van der Waals surface area contributed by atoms with Gasteiger partial charge in [0.2, 0.25) is 11.7 Å². The molecule has 4 rings (SSSR count). The van der Waals surface area contributed by atoms with Gasteiger partial charge in [-0.1, -0.05) is 12.1 Å². The number of nitrogens with zero attached hydrogens (tertiary/aromatic N) is 1. The number of carbonyl (C=O) groups excluding carboxylic acids is 3. The van der Waals surface area contributed by atoms with Gasteiger partial charge in [-0.15, -0.1) is 11.8 Å². The first-order valence-corrected chi connectivity index (χ1v) is 10.8. The number of hydrogen-bond donors (Lipinski definition) is 0. The van der Waals surface area contributed by atoms with Gasteiger partial charge in [0.05, 0.1) is 6.26 Å². The number of ketones is 1. The maximum absolute atomic E-state index is 12.8. The van der Waals surface area contributed by atoms with Gasteiger partial charge >= 0.3 is 5.97 Å². The minimum atomic E-state index is -0.913. The maximum Gasteiger partial charge on any atom is 0.330 e. The average Bonchev–Trinajstić information content (AvgIpc) is 3.45. The summed E-state index contributed by atoms with van der Waals surface area (Å²) in [4.78, 5) is 39.3. The van der Waals surface area contributed by atoms with E-state index in [4.69, 9.17) is 9.15 Å². The fourth-order valence-electron chi connectivity index (χ4n) is 3.99. The number of furan rings is 1. The maximum atomic E-state index is 12.8. The van der Waals surface area contributed by atoms with Gasteiger partial charge in [-0.3, -0.25) is 9.59 Å². The Morgan fingerprint density at radius 2 is 2.00 bits per heavy atom. The molecule has 0 radical (unpaired) electrons. The fourth-order valence-corrected chi connectivity index (χ4v) is 5.41. The lowest BCUT2D eigenvalue weighted by molar-refractivity contribution is -0.155. The standard InChI is InChI=1S/C22H23NO5S/c1-13(20(25)17-9-8-15-5-3-6-16(15)11-17)28-22(26)18-12-29-21(23(18)14(2)24)19-7-4-10-27-19/h4,7-11,13,18,21H,3,5-6,12H2,1-2H3/t13-,18-,21+/m0/s1. The molecule has 1 aromatic carbocycles. The summed E-state index contributed by atoms with van der Waals surface area (Å²) >= 11 is 1.44. The van der Waals surface area contributed by atoms with Crippen molar-refractivity contribution in [1.29, 1.82) is 0 Å². The second-order valence-corrected chi connectivity index (χ2v) is 8.54. The number of rotatable bonds is 5. The molecule has 1 aliphatic heterocycles. The van der Waals surface area contributed by atoms with Crippen LogP contribution in [0.4, 0.5) is 0 Å². The molecule has 1 aliphatic carbocycles. The van der Waals surface area contributed by atoms with Gasteiger partial charge < -0.3 is 14.1 Å². The SMILES string of the molecule is CC(=O)N1[C@@H](c2ccco2)SC[C@H]1C(=O)O[C@@H](C)C(=O)c1ccc2c(c1)CCC2. The van der Waals surface area contributed by atoms with Crippen molar-refractivity contribution in [3.63, 3.8) is 0 Å². The molecule has 1 saturated heterocycles. The van der Waals surface area contributed by atoms with Crippen molar-refractivity contribution < 1.29 is 23.5 Å². The Balaban J connectivity index is 1.45. The quantitative estimate of drug-likeness (QED) is 0.551. The second kappa shape index (κ2) is 8.06. The van der Waals surface area contributed by atoms with E-state index in [0.717, 1.165) is 19.3 Å². The van der Waals surface area contributed by atoms with Crippen LogP contribution < -0.4 is 0 Å². The first kappa shape index (κ1) is 19.8. The summed E-state index contributed by atoms with van der Waals surface area (Å²) in [6.07, 6.45) is 3.76. The third kappa shape index (κ3) is 3.83. The summed E-state index contributed by atoms with van der Waals surface area (Å²) in [7, 11) is 0. The Morgan fingerprint density at radius 3 is 2.72 bits per heavy atom. The lowest BCUT2D eigenvalue weighted by Crippen LogP contribution is -2.44. The largest absolute Gasteiger partial charge is 0.466 e. The van der Waals surface area contributed by atoms with Crippen LogP contribution in [0.1, 0.15) is 52.9 Å². The molecule has 0 bridgehead atoms. The van der Waals surface area contributed by atoms with Gasteiger partial charge in [-0.2, -0.15) is 0 Å². The van der Waals surface area contributed by atoms with Crippen LogP contribution in [0.15, 0.2) is 41.0 Å². The summed E-state index contributed by atoms with van der Waals surface area (Å²) in [5, 5.41) is -0.372. The van der Waals surface area contributed by atoms with Gasteiger partial charge in [0.25, 0.3) is 0 Å². The van der Waals surface area contributed by atoms with Crippen molar-refractivity contribution in [2.24, 2.45) is 0 Å². The van der Waals surface area contributed by atoms with E-state index < -0.39 is 18.1 Å². The van der Waals surface area contributed by atoms with Crippen LogP contribution in [0.5, 0.6) is 0 Å². The highest BCUT2D eigenvalue weighted by Crippen LogP contribution is 2.42. The predicted molar refractivity (Wildman–Crippen MR) is 109 cm³/mol. The summed E-state index contributed by atoms with van der Waals surface area (Å²) in [6.45, 7) is 3.00. The summed E-state index contributed by atoms with van der Waals surface area (Å²) in [5.41, 5.74) is 3.05. The monoisotopic (exact) mass is 413 g/mol. The van der Waals surface area contributed by atoms with E-state index in [1.54, 1.807) is 25.1 Å². The van der Waals surface area contributed by atoms with E-state index in [2.05, 4.69) is 0 Å². The number of ether oxygens (including phenoxy) is 1. The molecule has 7 heteroatoms. The number of amides is 1. The number of hydrogen-bond acceptors (Lipinski definition) is 6. The van der Waals surface area contributed by atoms with E-state index >= 15 is 0 Å². The number of thioether (sulfide) groups is 1. The average molecular weight is 413 g/mol. The number of fused-ring (bicyclic) bond motifs is 1. The van der Waals surface area contributed by atoms with Crippen molar-refractivity contribution in [1.82, 2.24) is 4.90 Å². The Hall–Kier alpha value is -2.54. The van der Waals surface area contributed by atoms with E-state index in [0.29, 0.717) is 17.1 Å². The molecular formula is C22H23NO5S. The molecule has 29 heavy (non-hydrogen) atoms. The normalized spacial score (nSPS) is 21.7. The molecule has 0 saturated carbocycles. The molecule has 1 amide bonds. The van der Waals surface area contributed by atoms with Crippen LogP contribution in [0, 0.1) is 0 Å². The molecule has 2 aliphatic rings. The molecule has 6 nitrogen and oxygen atoms in total. The van der Waals surface area contributed by atoms with Crippen LogP contribution >= 0.6 is 11.8 Å². The van der Waals surface area contributed by atoms with Crippen molar-refractivity contribution in [2.75, 3.05) is 5.75 Å². The fraction of sp³-hybridized carbons (Fsp3) is 0.409. The third-order valence-corrected chi connectivity index (χ3v) is 6.75. The van der Waals surface area contributed by atoms with E-state index in [-0.39, 0.29) is 17.1 Å². The molecule has 0 unspecified atom stereocenters. The van der Waals surface area contributed by atoms with Crippen molar-refractivity contribution in [3.8, 4) is 0 Å². The van der Waals surface area contributed by atoms with E-state index in [9.17, 15) is 14.4 Å². The van der Waals surface area contributed by atoms with Crippen LogP contribution in [0.25, 0.3) is 0 Å². The lowest BCUT2D eigenvalue weighted by Gasteiger charge is -2.26. The Bertz CT molecular complexity index is 939. The summed E-state index contributed by atoms with van der Waals surface area (Å²) < 4.78 is 10.9.